The number of benzene rings is 3. The predicted molar refractivity (Wildman–Crippen MR) is 122 cm³/mol. The molecule has 0 aliphatic heterocycles. The molecule has 8 nitrogen and oxygen atoms in total. The van der Waals surface area contributed by atoms with Crippen molar-refractivity contribution in [2.45, 2.75) is 0 Å². The Morgan fingerprint density at radius 3 is 1.47 bits per heavy atom. The Balaban J connectivity index is 1.76. The van der Waals surface area contributed by atoms with E-state index in [9.17, 15) is 10.2 Å². The maximum absolute atomic E-state index is 10.2. The summed E-state index contributed by atoms with van der Waals surface area (Å²) in [6, 6.07) is 16.8. The van der Waals surface area contributed by atoms with Crippen molar-refractivity contribution in [3.8, 4) is 23.0 Å². The lowest BCUT2D eigenvalue weighted by atomic mass is 10.2. The van der Waals surface area contributed by atoms with Crippen molar-refractivity contribution in [3.63, 3.8) is 0 Å². The number of aliphatic imine (C=N–C) groups is 2. The minimum atomic E-state index is -0.110. The van der Waals surface area contributed by atoms with Gasteiger partial charge in [-0.2, -0.15) is 0 Å². The van der Waals surface area contributed by atoms with E-state index < -0.39 is 0 Å². The van der Waals surface area contributed by atoms with Crippen molar-refractivity contribution in [1.82, 2.24) is 0 Å². The second-order valence-corrected chi connectivity index (χ2v) is 6.59. The highest BCUT2D eigenvalue weighted by Crippen LogP contribution is 2.29. The number of aliphatic hydroxyl groups excluding tert-OH is 2. The fourth-order valence-corrected chi connectivity index (χ4v) is 2.73. The summed E-state index contributed by atoms with van der Waals surface area (Å²) in [5.74, 6) is 0.898. The van der Waals surface area contributed by atoms with Gasteiger partial charge in [-0.3, -0.25) is 9.98 Å². The van der Waals surface area contributed by atoms with Crippen LogP contribution in [-0.2, 0) is 0 Å². The molecular weight excluding hydrogens is 412 g/mol. The van der Waals surface area contributed by atoms with Gasteiger partial charge in [0, 0.05) is 35.7 Å². The van der Waals surface area contributed by atoms with Gasteiger partial charge in [0.1, 0.15) is 36.2 Å². The van der Waals surface area contributed by atoms with E-state index in [1.807, 2.05) is 12.1 Å². The topological polar surface area (TPSA) is 124 Å². The monoisotopic (exact) mass is 436 g/mol. The van der Waals surface area contributed by atoms with E-state index in [1.165, 1.54) is 24.6 Å². The van der Waals surface area contributed by atoms with Gasteiger partial charge in [0.05, 0.1) is 24.6 Å². The molecule has 0 amide bonds. The third-order valence-electron chi connectivity index (χ3n) is 4.29. The zero-order valence-electron chi connectivity index (χ0n) is 17.3. The second-order valence-electron chi connectivity index (χ2n) is 6.59. The Labute approximate surface area is 185 Å². The Morgan fingerprint density at radius 1 is 0.656 bits per heavy atom. The first-order chi connectivity index (χ1) is 15.6. The molecule has 0 aliphatic rings. The molecule has 0 bridgehead atoms. The van der Waals surface area contributed by atoms with Crippen LogP contribution in [-0.4, -0.2) is 59.3 Å². The van der Waals surface area contributed by atoms with Crippen LogP contribution in [0.15, 0.2) is 70.6 Å². The van der Waals surface area contributed by atoms with Crippen molar-refractivity contribution in [3.05, 3.63) is 71.8 Å². The lowest BCUT2D eigenvalue weighted by Gasteiger charge is -2.06. The fraction of sp³-hybridized carbons (Fsp3) is 0.167. The van der Waals surface area contributed by atoms with Crippen molar-refractivity contribution in [2.75, 3.05) is 26.4 Å². The highest BCUT2D eigenvalue weighted by Gasteiger charge is 2.05. The van der Waals surface area contributed by atoms with Gasteiger partial charge in [-0.25, -0.2) is 0 Å². The van der Waals surface area contributed by atoms with Gasteiger partial charge in [0.25, 0.3) is 0 Å². The fourth-order valence-electron chi connectivity index (χ4n) is 2.73. The van der Waals surface area contributed by atoms with Gasteiger partial charge in [-0.15, -0.1) is 0 Å². The Kier molecular flexibility index (Phi) is 8.19. The molecule has 8 heteroatoms. The summed E-state index contributed by atoms with van der Waals surface area (Å²) in [4.78, 5) is 8.85. The zero-order valence-corrected chi connectivity index (χ0v) is 17.3. The van der Waals surface area contributed by atoms with Gasteiger partial charge in [-0.05, 0) is 36.4 Å². The highest BCUT2D eigenvalue weighted by atomic mass is 16.5. The molecular formula is C24H24N2O6. The number of aliphatic hydroxyl groups is 2. The van der Waals surface area contributed by atoms with Crippen LogP contribution in [0.5, 0.6) is 23.0 Å². The van der Waals surface area contributed by atoms with E-state index in [2.05, 4.69) is 9.98 Å². The first kappa shape index (κ1) is 22.8. The maximum Gasteiger partial charge on any atom is 0.128 e. The number of hydrogen-bond acceptors (Lipinski definition) is 8. The van der Waals surface area contributed by atoms with Crippen LogP contribution in [0, 0.1) is 0 Å². The van der Waals surface area contributed by atoms with Crippen molar-refractivity contribution in [2.24, 2.45) is 9.98 Å². The molecule has 0 fully saturated rings. The Bertz CT molecular complexity index is 1010. The van der Waals surface area contributed by atoms with E-state index in [0.717, 1.165) is 0 Å². The van der Waals surface area contributed by atoms with Gasteiger partial charge in [0.2, 0.25) is 0 Å². The van der Waals surface area contributed by atoms with Crippen molar-refractivity contribution in [1.29, 1.82) is 0 Å². The number of nitrogens with zero attached hydrogens (tertiary/aromatic N) is 2. The van der Waals surface area contributed by atoms with Crippen LogP contribution >= 0.6 is 0 Å². The lowest BCUT2D eigenvalue weighted by molar-refractivity contribution is 0.201. The minimum absolute atomic E-state index is 0.00130. The number of rotatable bonds is 10. The molecule has 0 saturated carbocycles. The van der Waals surface area contributed by atoms with E-state index in [-0.39, 0.29) is 37.9 Å². The van der Waals surface area contributed by atoms with Crippen molar-refractivity contribution < 1.29 is 29.9 Å². The highest BCUT2D eigenvalue weighted by molar-refractivity contribution is 5.89. The molecule has 3 rings (SSSR count). The summed E-state index contributed by atoms with van der Waals surface area (Å²) in [6.07, 6.45) is 3.04. The molecule has 0 aliphatic carbocycles. The molecule has 3 aromatic carbocycles. The van der Waals surface area contributed by atoms with E-state index in [1.54, 1.807) is 36.4 Å². The molecule has 0 aromatic heterocycles. The van der Waals surface area contributed by atoms with Crippen LogP contribution in [0.1, 0.15) is 11.1 Å². The summed E-state index contributed by atoms with van der Waals surface area (Å²) < 4.78 is 10.5. The SMILES string of the molecule is OCCOc1ccc(C=Nc2ccccc2N=Cc2ccc(OCCO)cc2O)c(O)c1. The third-order valence-corrected chi connectivity index (χ3v) is 4.29. The third kappa shape index (κ3) is 6.31. The summed E-state index contributed by atoms with van der Waals surface area (Å²) in [5.41, 5.74) is 2.14. The minimum Gasteiger partial charge on any atom is -0.507 e. The number of ether oxygens (including phenoxy) is 2. The van der Waals surface area contributed by atoms with Crippen LogP contribution in [0.4, 0.5) is 11.4 Å². The summed E-state index contributed by atoms with van der Waals surface area (Å²) in [5, 5.41) is 38.0. The smallest absolute Gasteiger partial charge is 0.128 e. The second kappa shape index (κ2) is 11.5. The van der Waals surface area contributed by atoms with Gasteiger partial charge < -0.3 is 29.9 Å². The van der Waals surface area contributed by atoms with Crippen LogP contribution in [0.2, 0.25) is 0 Å². The van der Waals surface area contributed by atoms with Crippen LogP contribution < -0.4 is 9.47 Å². The summed E-state index contributed by atoms with van der Waals surface area (Å²) in [7, 11) is 0. The largest absolute Gasteiger partial charge is 0.507 e. The molecule has 3 aromatic rings. The Hall–Kier alpha value is -3.88. The van der Waals surface area contributed by atoms with E-state index in [0.29, 0.717) is 34.0 Å². The van der Waals surface area contributed by atoms with Crippen LogP contribution in [0.25, 0.3) is 0 Å². The zero-order chi connectivity index (χ0) is 22.8. The first-order valence-corrected chi connectivity index (χ1v) is 9.91. The molecule has 0 heterocycles. The lowest BCUT2D eigenvalue weighted by Crippen LogP contribution is -2.01. The molecule has 0 spiro atoms. The molecule has 32 heavy (non-hydrogen) atoms. The predicted octanol–water partition coefficient (Wildman–Crippen LogP) is 3.34. The number of hydrogen-bond donors (Lipinski definition) is 4. The quantitative estimate of drug-likeness (QED) is 0.361. The van der Waals surface area contributed by atoms with Gasteiger partial charge >= 0.3 is 0 Å². The van der Waals surface area contributed by atoms with Gasteiger partial charge in [-0.1, -0.05) is 12.1 Å². The molecule has 0 radical (unpaired) electrons. The van der Waals surface area contributed by atoms with Crippen LogP contribution in [0.3, 0.4) is 0 Å². The standard InChI is InChI=1S/C24H24N2O6/c27-9-11-31-19-7-5-17(23(29)13-19)15-25-21-3-1-2-4-22(21)26-16-18-6-8-20(14-24(18)30)32-12-10-28/h1-8,13-16,27-30H,9-12H2. The normalized spacial score (nSPS) is 11.3. The molecule has 4 N–H and O–H groups in total. The summed E-state index contributed by atoms with van der Waals surface area (Å²) in [6.45, 7) is 0.0693. The van der Waals surface area contributed by atoms with E-state index in [4.69, 9.17) is 19.7 Å². The van der Waals surface area contributed by atoms with Crippen molar-refractivity contribution >= 4 is 23.8 Å². The number of aromatic hydroxyl groups is 2. The summed E-state index contributed by atoms with van der Waals surface area (Å²) >= 11 is 0. The molecule has 0 saturated heterocycles. The number of phenolic OH excluding ortho intramolecular Hbond substituents is 2. The molecule has 0 unspecified atom stereocenters. The average molecular weight is 436 g/mol. The van der Waals surface area contributed by atoms with E-state index >= 15 is 0 Å². The first-order valence-electron chi connectivity index (χ1n) is 9.91. The molecule has 166 valence electrons. The number of para-hydroxylation sites is 2. The average Bonchev–Trinajstić information content (AvgIpc) is 2.80. The van der Waals surface area contributed by atoms with Gasteiger partial charge in [0.15, 0.2) is 0 Å². The maximum atomic E-state index is 10.2. The Morgan fingerprint density at radius 2 is 1.09 bits per heavy atom. The molecule has 0 atom stereocenters. The number of phenols is 2.